The van der Waals surface area contributed by atoms with Crippen molar-refractivity contribution in [3.8, 4) is 5.75 Å². The zero-order valence-electron chi connectivity index (χ0n) is 16.9. The van der Waals surface area contributed by atoms with Gasteiger partial charge in [0.05, 0.1) is 5.56 Å². The Morgan fingerprint density at radius 1 is 0.727 bits per heavy atom. The number of carbonyl (C=O) groups excluding carboxylic acids is 4. The number of esters is 1. The molecule has 1 heterocycles. The average Bonchev–Trinajstić information content (AvgIpc) is 2.83. The number of rotatable bonds is 6. The fourth-order valence-corrected chi connectivity index (χ4v) is 3.10. The Morgan fingerprint density at radius 3 is 1.97 bits per heavy atom. The Bertz CT molecular complexity index is 1470. The maximum atomic E-state index is 12.5. The highest BCUT2D eigenvalue weighted by Gasteiger charge is 2.19. The van der Waals surface area contributed by atoms with E-state index < -0.39 is 29.1 Å². The van der Waals surface area contributed by atoms with Crippen molar-refractivity contribution in [2.75, 3.05) is 0 Å². The molecule has 0 aliphatic heterocycles. The number of Topliss-reactive ketones (excluding diaryl/α,β-unsaturated/α-hetero) is 2. The van der Waals surface area contributed by atoms with E-state index in [9.17, 15) is 24.0 Å². The van der Waals surface area contributed by atoms with Crippen LogP contribution in [0.1, 0.15) is 41.4 Å². The van der Waals surface area contributed by atoms with Crippen LogP contribution in [-0.2, 0) is 0 Å². The summed E-state index contributed by atoms with van der Waals surface area (Å²) in [5.41, 5.74) is 4.61. The van der Waals surface area contributed by atoms with Gasteiger partial charge in [0, 0.05) is 22.6 Å². The lowest BCUT2D eigenvalue weighted by Gasteiger charge is -2.06. The summed E-state index contributed by atoms with van der Waals surface area (Å²) in [7, 11) is 0. The predicted molar refractivity (Wildman–Crippen MR) is 118 cm³/mol. The highest BCUT2D eigenvalue weighted by atomic mass is 16.5. The summed E-state index contributed by atoms with van der Waals surface area (Å²) < 4.78 is 10.4. The molecule has 0 saturated carbocycles. The second-order valence-corrected chi connectivity index (χ2v) is 7.00. The van der Waals surface area contributed by atoms with Gasteiger partial charge in [-0.3, -0.25) is 14.4 Å². The van der Waals surface area contributed by atoms with Gasteiger partial charge in [-0.05, 0) is 30.3 Å². The second kappa shape index (κ2) is 8.72. The van der Waals surface area contributed by atoms with Crippen LogP contribution in [0.5, 0.6) is 5.75 Å². The molecule has 0 aliphatic rings. The van der Waals surface area contributed by atoms with Crippen LogP contribution in [0.15, 0.2) is 88.1 Å². The molecule has 33 heavy (non-hydrogen) atoms. The van der Waals surface area contributed by atoms with Gasteiger partial charge in [-0.1, -0.05) is 42.5 Å². The number of nitrogens with two attached hydrogens (primary N) is 1. The van der Waals surface area contributed by atoms with Crippen molar-refractivity contribution in [2.24, 2.45) is 5.73 Å². The van der Waals surface area contributed by atoms with E-state index in [1.165, 1.54) is 48.5 Å². The van der Waals surface area contributed by atoms with Crippen LogP contribution in [0.25, 0.3) is 11.0 Å². The van der Waals surface area contributed by atoms with E-state index in [-0.39, 0.29) is 33.6 Å². The maximum absolute atomic E-state index is 12.5. The standard InChI is InChI=1S/C25H15NO7/c26-23(29)19-12-17-10-11-18(13-20(17)33-25(19)31)32-24(30)16-8-6-15(7-9-16)22(28)21(27)14-4-2-1-3-5-14/h1-13H,(H2,26,29). The first-order chi connectivity index (χ1) is 15.8. The first-order valence-electron chi connectivity index (χ1n) is 9.67. The number of ketones is 2. The third-order valence-corrected chi connectivity index (χ3v) is 4.81. The van der Waals surface area contributed by atoms with E-state index >= 15 is 0 Å². The zero-order valence-corrected chi connectivity index (χ0v) is 16.9. The van der Waals surface area contributed by atoms with Gasteiger partial charge in [-0.25, -0.2) is 9.59 Å². The molecule has 0 fully saturated rings. The SMILES string of the molecule is NC(=O)c1cc2ccc(OC(=O)c3ccc(C(=O)C(=O)c4ccccc4)cc3)cc2oc1=O. The van der Waals surface area contributed by atoms with Crippen LogP contribution in [-0.4, -0.2) is 23.4 Å². The summed E-state index contributed by atoms with van der Waals surface area (Å²) >= 11 is 0. The monoisotopic (exact) mass is 441 g/mol. The molecule has 0 saturated heterocycles. The molecule has 0 spiro atoms. The molecule has 1 aromatic heterocycles. The molecule has 0 aliphatic carbocycles. The summed E-state index contributed by atoms with van der Waals surface area (Å²) in [6.07, 6.45) is 0. The Kier molecular flexibility index (Phi) is 5.65. The third kappa shape index (κ3) is 4.45. The molecule has 162 valence electrons. The Labute approximate surface area is 186 Å². The zero-order chi connectivity index (χ0) is 23.5. The van der Waals surface area contributed by atoms with E-state index in [1.807, 2.05) is 0 Å². The van der Waals surface area contributed by atoms with Gasteiger partial charge in [0.15, 0.2) is 0 Å². The van der Waals surface area contributed by atoms with Crippen LogP contribution < -0.4 is 16.1 Å². The topological polar surface area (TPSA) is 134 Å². The van der Waals surface area contributed by atoms with E-state index in [0.717, 1.165) is 0 Å². The molecule has 0 atom stereocenters. The molecular formula is C25H15NO7. The minimum atomic E-state index is -0.909. The van der Waals surface area contributed by atoms with E-state index in [1.54, 1.807) is 30.3 Å². The van der Waals surface area contributed by atoms with Crippen molar-refractivity contribution in [2.45, 2.75) is 0 Å². The van der Waals surface area contributed by atoms with E-state index in [2.05, 4.69) is 0 Å². The van der Waals surface area contributed by atoms with Crippen molar-refractivity contribution in [3.63, 3.8) is 0 Å². The summed E-state index contributed by atoms with van der Waals surface area (Å²) in [6, 6.07) is 19.2. The lowest BCUT2D eigenvalue weighted by molar-refractivity contribution is 0.0734. The van der Waals surface area contributed by atoms with E-state index in [4.69, 9.17) is 14.9 Å². The number of amides is 1. The second-order valence-electron chi connectivity index (χ2n) is 7.00. The Morgan fingerprint density at radius 2 is 1.33 bits per heavy atom. The number of carbonyl (C=O) groups is 4. The third-order valence-electron chi connectivity index (χ3n) is 4.81. The quantitative estimate of drug-likeness (QED) is 0.160. The Hall–Kier alpha value is -4.85. The van der Waals surface area contributed by atoms with Crippen molar-refractivity contribution in [1.82, 2.24) is 0 Å². The summed E-state index contributed by atoms with van der Waals surface area (Å²) in [5.74, 6) is -2.88. The molecule has 0 radical (unpaired) electrons. The largest absolute Gasteiger partial charge is 0.423 e. The highest BCUT2D eigenvalue weighted by Crippen LogP contribution is 2.22. The summed E-state index contributed by atoms with van der Waals surface area (Å²) in [5, 5.41) is 0.425. The molecule has 4 aromatic rings. The van der Waals surface area contributed by atoms with Gasteiger partial charge in [0.2, 0.25) is 11.6 Å². The van der Waals surface area contributed by atoms with E-state index in [0.29, 0.717) is 5.39 Å². The Balaban J connectivity index is 1.50. The minimum Gasteiger partial charge on any atom is -0.423 e. The molecule has 0 unspecified atom stereocenters. The lowest BCUT2D eigenvalue weighted by atomic mass is 10.0. The molecule has 2 N–H and O–H groups in total. The number of hydrogen-bond acceptors (Lipinski definition) is 7. The summed E-state index contributed by atoms with van der Waals surface area (Å²) in [6.45, 7) is 0. The number of fused-ring (bicyclic) bond motifs is 1. The van der Waals surface area contributed by atoms with Gasteiger partial charge < -0.3 is 14.9 Å². The molecular weight excluding hydrogens is 426 g/mol. The first-order valence-corrected chi connectivity index (χ1v) is 9.67. The fourth-order valence-electron chi connectivity index (χ4n) is 3.10. The molecule has 4 rings (SSSR count). The van der Waals surface area contributed by atoms with Crippen LogP contribution in [0.3, 0.4) is 0 Å². The van der Waals surface area contributed by atoms with Gasteiger partial charge in [0.25, 0.3) is 5.91 Å². The number of ether oxygens (including phenoxy) is 1. The van der Waals surface area contributed by atoms with Crippen molar-refractivity contribution in [1.29, 1.82) is 0 Å². The normalized spacial score (nSPS) is 10.5. The number of hydrogen-bond donors (Lipinski definition) is 1. The number of primary amides is 1. The van der Waals surface area contributed by atoms with Crippen molar-refractivity contribution in [3.05, 3.63) is 112 Å². The highest BCUT2D eigenvalue weighted by molar-refractivity contribution is 6.49. The van der Waals surface area contributed by atoms with Crippen LogP contribution in [0, 0.1) is 0 Å². The van der Waals surface area contributed by atoms with Gasteiger partial charge in [-0.15, -0.1) is 0 Å². The van der Waals surface area contributed by atoms with Crippen LogP contribution in [0.4, 0.5) is 0 Å². The lowest BCUT2D eigenvalue weighted by Crippen LogP contribution is -2.20. The summed E-state index contributed by atoms with van der Waals surface area (Å²) in [4.78, 5) is 60.3. The molecule has 3 aromatic carbocycles. The van der Waals surface area contributed by atoms with Gasteiger partial charge >= 0.3 is 11.6 Å². The smallest absolute Gasteiger partial charge is 0.349 e. The minimum absolute atomic E-state index is 0.0990. The molecule has 8 heteroatoms. The fraction of sp³-hybridized carbons (Fsp3) is 0. The van der Waals surface area contributed by atoms with Crippen molar-refractivity contribution >= 4 is 34.4 Å². The van der Waals surface area contributed by atoms with Gasteiger partial charge in [0.1, 0.15) is 16.9 Å². The number of benzene rings is 3. The van der Waals surface area contributed by atoms with Crippen LogP contribution >= 0.6 is 0 Å². The van der Waals surface area contributed by atoms with Crippen molar-refractivity contribution < 1.29 is 28.3 Å². The maximum Gasteiger partial charge on any atom is 0.349 e. The molecule has 0 bridgehead atoms. The van der Waals surface area contributed by atoms with Crippen LogP contribution in [0.2, 0.25) is 0 Å². The predicted octanol–water partition coefficient (Wildman–Crippen LogP) is 3.18. The molecule has 8 nitrogen and oxygen atoms in total. The average molecular weight is 441 g/mol. The van der Waals surface area contributed by atoms with Gasteiger partial charge in [-0.2, -0.15) is 0 Å². The first kappa shape index (κ1) is 21.4. The molecule has 1 amide bonds.